The summed E-state index contributed by atoms with van der Waals surface area (Å²) in [6.45, 7) is 11.4. The third kappa shape index (κ3) is 6.81. The van der Waals surface area contributed by atoms with E-state index in [1.165, 1.54) is 68.9 Å². The van der Waals surface area contributed by atoms with Gasteiger partial charge in [-0.25, -0.2) is 13.4 Å². The fourth-order valence-electron chi connectivity index (χ4n) is 14.1. The Balaban J connectivity index is 0.921. The lowest BCUT2D eigenvalue weighted by Gasteiger charge is -2.67. The third-order valence-electron chi connectivity index (χ3n) is 17.0. The van der Waals surface area contributed by atoms with Crippen LogP contribution in [0.1, 0.15) is 111 Å². The van der Waals surface area contributed by atoms with Crippen LogP contribution in [0, 0.1) is 51.8 Å². The SMILES string of the molecule is CC1C(C2=CCC(CCOc3ncccc3Cl)(C(=O)O)CC2)=CC[C@@]2(C)C1CCC1(C)C3CCC4(NCCN5CCS(=O)(=O)CC5)CCC[C@@H]4C3CCC12. The van der Waals surface area contributed by atoms with Crippen LogP contribution in [0.5, 0.6) is 5.88 Å². The van der Waals surface area contributed by atoms with Crippen LogP contribution in [0.3, 0.4) is 0 Å². The molecular formula is C44H64ClN3O5S. The van der Waals surface area contributed by atoms with Crippen LogP contribution in [-0.4, -0.2) is 79.2 Å². The fourth-order valence-corrected chi connectivity index (χ4v) is 15.6. The molecule has 1 aromatic heterocycles. The standard InChI is InChI=1S/C44H64ClN3O5S/c1-30-32(31-10-18-43(19-11-31,40(49)50)21-27-53-39-37(45)7-5-22-46-39)12-16-41(2)34(30)13-17-42(3)35-14-20-44(15-4-6-36(44)33(35)8-9-38(41)42)47-23-24-48-25-28-54(51,52)29-26-48/h5,7,10,12,22,30,33-36,38,47H,4,6,8-9,11,13-21,23-29H2,1-3H3,(H,49,50)/t30?,33?,34?,35?,36-,38?,41+,42?,43?,44?/m1/s1. The van der Waals surface area contributed by atoms with Crippen molar-refractivity contribution in [2.75, 3.05) is 44.3 Å². The molecule has 2 heterocycles. The number of aliphatic carboxylic acids is 1. The predicted octanol–water partition coefficient (Wildman–Crippen LogP) is 8.37. The summed E-state index contributed by atoms with van der Waals surface area (Å²) in [6, 6.07) is 3.50. The molecule has 0 spiro atoms. The molecule has 10 atom stereocenters. The van der Waals surface area contributed by atoms with Gasteiger partial charge in [-0.3, -0.25) is 4.79 Å². The van der Waals surface area contributed by atoms with E-state index in [0.717, 1.165) is 49.6 Å². The van der Waals surface area contributed by atoms with Gasteiger partial charge in [0, 0.05) is 37.9 Å². The number of carbonyl (C=O) groups is 1. The van der Waals surface area contributed by atoms with Crippen molar-refractivity contribution in [2.24, 2.45) is 51.8 Å². The molecule has 7 aliphatic rings. The van der Waals surface area contributed by atoms with Crippen molar-refractivity contribution in [3.8, 4) is 5.88 Å². The van der Waals surface area contributed by atoms with Crippen LogP contribution in [0.15, 0.2) is 41.6 Å². The van der Waals surface area contributed by atoms with E-state index in [1.54, 1.807) is 18.3 Å². The van der Waals surface area contributed by atoms with Gasteiger partial charge in [0.15, 0.2) is 9.84 Å². The number of hydrogen-bond donors (Lipinski definition) is 2. The smallest absolute Gasteiger partial charge is 0.310 e. The van der Waals surface area contributed by atoms with E-state index >= 15 is 0 Å². The highest BCUT2D eigenvalue weighted by atomic mass is 35.5. The van der Waals surface area contributed by atoms with Crippen LogP contribution in [-0.2, 0) is 14.6 Å². The quantitative estimate of drug-likeness (QED) is 0.244. The van der Waals surface area contributed by atoms with E-state index in [-0.39, 0.29) is 12.1 Å². The van der Waals surface area contributed by atoms with E-state index < -0.39 is 21.2 Å². The van der Waals surface area contributed by atoms with Crippen molar-refractivity contribution in [1.82, 2.24) is 15.2 Å². The molecule has 0 bridgehead atoms. The highest BCUT2D eigenvalue weighted by Crippen LogP contribution is 2.71. The summed E-state index contributed by atoms with van der Waals surface area (Å²) in [7, 11) is -2.84. The fraction of sp³-hybridized carbons (Fsp3) is 0.773. The molecule has 6 aliphatic carbocycles. The van der Waals surface area contributed by atoms with Gasteiger partial charge in [-0.2, -0.15) is 0 Å². The first-order valence-electron chi connectivity index (χ1n) is 21.3. The van der Waals surface area contributed by atoms with E-state index in [9.17, 15) is 18.3 Å². The Labute approximate surface area is 329 Å². The minimum atomic E-state index is -2.84. The lowest BCUT2D eigenvalue weighted by molar-refractivity contribution is -0.166. The molecule has 54 heavy (non-hydrogen) atoms. The molecule has 0 amide bonds. The number of carboxylic acid groups (broad SMARTS) is 1. The molecule has 8 rings (SSSR count). The third-order valence-corrected chi connectivity index (χ3v) is 18.9. The number of allylic oxidation sites excluding steroid dienone is 4. The minimum Gasteiger partial charge on any atom is -0.481 e. The first kappa shape index (κ1) is 38.9. The van der Waals surface area contributed by atoms with Crippen molar-refractivity contribution in [1.29, 1.82) is 0 Å². The monoisotopic (exact) mass is 781 g/mol. The topological polar surface area (TPSA) is 109 Å². The maximum Gasteiger partial charge on any atom is 0.310 e. The summed E-state index contributed by atoms with van der Waals surface area (Å²) in [5, 5.41) is 15.0. The molecule has 8 nitrogen and oxygen atoms in total. The second-order valence-electron chi connectivity index (χ2n) is 19.2. The predicted molar refractivity (Wildman–Crippen MR) is 214 cm³/mol. The van der Waals surface area contributed by atoms with E-state index in [2.05, 4.69) is 48.1 Å². The lowest BCUT2D eigenvalue weighted by atomic mass is 9.38. The Morgan fingerprint density at radius 3 is 2.54 bits per heavy atom. The minimum absolute atomic E-state index is 0.274. The second-order valence-corrected chi connectivity index (χ2v) is 21.9. The number of pyridine rings is 1. The molecular weight excluding hydrogens is 718 g/mol. The van der Waals surface area contributed by atoms with Crippen LogP contribution in [0.2, 0.25) is 5.02 Å². The Hall–Kier alpha value is -1.94. The average molecular weight is 783 g/mol. The Morgan fingerprint density at radius 1 is 1.00 bits per heavy atom. The lowest BCUT2D eigenvalue weighted by Crippen LogP contribution is -2.63. The number of carboxylic acids is 1. The normalized spacial score (nSPS) is 41.7. The number of halogens is 1. The largest absolute Gasteiger partial charge is 0.481 e. The van der Waals surface area contributed by atoms with Gasteiger partial charge in [0.2, 0.25) is 5.88 Å². The maximum atomic E-state index is 12.7. The summed E-state index contributed by atoms with van der Waals surface area (Å²) in [5.41, 5.74) is 3.02. The summed E-state index contributed by atoms with van der Waals surface area (Å²) in [6.07, 6.45) is 22.0. The Kier molecular flexibility index (Phi) is 10.6. The molecule has 8 unspecified atom stereocenters. The molecule has 2 N–H and O–H groups in total. The first-order chi connectivity index (χ1) is 25.8. The summed E-state index contributed by atoms with van der Waals surface area (Å²) < 4.78 is 29.7. The Bertz CT molecular complexity index is 1750. The van der Waals surface area contributed by atoms with Gasteiger partial charge in [-0.05, 0) is 153 Å². The number of nitrogens with one attached hydrogen (secondary N) is 1. The van der Waals surface area contributed by atoms with Gasteiger partial charge in [0.05, 0.1) is 23.5 Å². The number of fused-ring (bicyclic) bond motifs is 7. The molecule has 1 aliphatic heterocycles. The maximum absolute atomic E-state index is 12.7. The van der Waals surface area contributed by atoms with Crippen molar-refractivity contribution in [3.63, 3.8) is 0 Å². The molecule has 0 aromatic carbocycles. The number of rotatable bonds is 10. The van der Waals surface area contributed by atoms with E-state index in [0.29, 0.717) is 77.4 Å². The molecule has 4 saturated carbocycles. The molecule has 5 fully saturated rings. The molecule has 1 saturated heterocycles. The summed E-state index contributed by atoms with van der Waals surface area (Å²) >= 11 is 6.23. The van der Waals surface area contributed by atoms with Gasteiger partial charge in [0.1, 0.15) is 5.02 Å². The number of aromatic nitrogens is 1. The van der Waals surface area contributed by atoms with Crippen molar-refractivity contribution >= 4 is 27.4 Å². The van der Waals surface area contributed by atoms with E-state index in [4.69, 9.17) is 16.3 Å². The van der Waals surface area contributed by atoms with Crippen molar-refractivity contribution in [3.05, 3.63) is 46.7 Å². The zero-order valence-corrected chi connectivity index (χ0v) is 34.5. The zero-order chi connectivity index (χ0) is 37.9. The highest BCUT2D eigenvalue weighted by molar-refractivity contribution is 7.91. The van der Waals surface area contributed by atoms with Gasteiger partial charge in [-0.1, -0.05) is 50.9 Å². The van der Waals surface area contributed by atoms with Gasteiger partial charge in [-0.15, -0.1) is 0 Å². The number of nitrogens with zero attached hydrogens (tertiary/aromatic N) is 2. The molecule has 298 valence electrons. The summed E-state index contributed by atoms with van der Waals surface area (Å²) in [4.78, 5) is 19.2. The molecule has 1 aromatic rings. The second kappa shape index (κ2) is 14.8. The number of ether oxygens (including phenoxy) is 1. The summed E-state index contributed by atoms with van der Waals surface area (Å²) in [5.74, 6) is 4.54. The van der Waals surface area contributed by atoms with Crippen molar-refractivity contribution in [2.45, 2.75) is 116 Å². The average Bonchev–Trinajstić information content (AvgIpc) is 3.58. The molecule has 0 radical (unpaired) electrons. The van der Waals surface area contributed by atoms with Crippen LogP contribution < -0.4 is 10.1 Å². The highest BCUT2D eigenvalue weighted by Gasteiger charge is 2.64. The number of sulfone groups is 1. The van der Waals surface area contributed by atoms with Crippen LogP contribution in [0.25, 0.3) is 0 Å². The van der Waals surface area contributed by atoms with Crippen LogP contribution in [0.4, 0.5) is 0 Å². The molecule has 10 heteroatoms. The van der Waals surface area contributed by atoms with Gasteiger partial charge < -0.3 is 20.1 Å². The Morgan fingerprint density at radius 2 is 1.80 bits per heavy atom. The zero-order valence-electron chi connectivity index (χ0n) is 33.0. The van der Waals surface area contributed by atoms with Crippen molar-refractivity contribution < 1.29 is 23.1 Å². The number of hydrogen-bond acceptors (Lipinski definition) is 7. The first-order valence-corrected chi connectivity index (χ1v) is 23.5. The van der Waals surface area contributed by atoms with Crippen LogP contribution >= 0.6 is 11.6 Å². The van der Waals surface area contributed by atoms with Gasteiger partial charge >= 0.3 is 5.97 Å². The van der Waals surface area contributed by atoms with Gasteiger partial charge in [0.25, 0.3) is 0 Å². The van der Waals surface area contributed by atoms with E-state index in [1.807, 2.05) is 0 Å².